The van der Waals surface area contributed by atoms with Crippen molar-refractivity contribution in [1.82, 2.24) is 25.5 Å². The molecule has 1 aliphatic heterocycles. The molecular weight excluding hydrogens is 346 g/mol. The van der Waals surface area contributed by atoms with E-state index in [1.54, 1.807) is 13.1 Å². The largest absolute Gasteiger partial charge is 0.473 e. The topological polar surface area (TPSA) is 97.0 Å². The SMILES string of the molecule is Cc1ncc(O[C@H]2CCNCC2(C)C)nc1Nc1cc(OC(F)F)[nH]n1. The van der Waals surface area contributed by atoms with Gasteiger partial charge < -0.3 is 20.1 Å². The van der Waals surface area contributed by atoms with Crippen molar-refractivity contribution >= 4 is 11.6 Å². The Morgan fingerprint density at radius 1 is 1.38 bits per heavy atom. The van der Waals surface area contributed by atoms with Crippen molar-refractivity contribution < 1.29 is 18.3 Å². The first-order valence-corrected chi connectivity index (χ1v) is 8.32. The van der Waals surface area contributed by atoms with E-state index < -0.39 is 6.61 Å². The molecule has 3 rings (SSSR count). The normalized spacial score (nSPS) is 19.4. The number of alkyl halides is 2. The van der Waals surface area contributed by atoms with Crippen LogP contribution in [0.3, 0.4) is 0 Å². The first-order valence-electron chi connectivity index (χ1n) is 8.32. The molecule has 0 radical (unpaired) electrons. The summed E-state index contributed by atoms with van der Waals surface area (Å²) in [4.78, 5) is 8.73. The summed E-state index contributed by atoms with van der Waals surface area (Å²) in [5.41, 5.74) is 0.600. The van der Waals surface area contributed by atoms with E-state index in [0.29, 0.717) is 17.4 Å². The minimum absolute atomic E-state index is 0.0186. The number of rotatable bonds is 6. The molecule has 1 fully saturated rings. The van der Waals surface area contributed by atoms with E-state index in [9.17, 15) is 8.78 Å². The van der Waals surface area contributed by atoms with Gasteiger partial charge in [-0.15, -0.1) is 0 Å². The van der Waals surface area contributed by atoms with Gasteiger partial charge >= 0.3 is 6.61 Å². The van der Waals surface area contributed by atoms with Crippen LogP contribution in [0.4, 0.5) is 20.4 Å². The number of ether oxygens (including phenoxy) is 2. The summed E-state index contributed by atoms with van der Waals surface area (Å²) in [6.45, 7) is 4.88. The second-order valence-electron chi connectivity index (χ2n) is 6.82. The van der Waals surface area contributed by atoms with Crippen LogP contribution in [0.15, 0.2) is 12.3 Å². The molecule has 3 heterocycles. The average Bonchev–Trinajstić information content (AvgIpc) is 2.98. The summed E-state index contributed by atoms with van der Waals surface area (Å²) < 4.78 is 34.8. The standard InChI is InChI=1S/C16H22F2N6O2/c1-9-14(21-11-6-12(24-23-11)26-15(17)18)22-13(7-20-9)25-10-4-5-19-8-16(10,2)3/h6-7,10,15,19H,4-5,8H2,1-3H3,(H2,21,22,23,24)/t10-/m0/s1. The molecule has 10 heteroatoms. The molecule has 2 aromatic heterocycles. The minimum atomic E-state index is -2.92. The summed E-state index contributed by atoms with van der Waals surface area (Å²) >= 11 is 0. The molecule has 2 aromatic rings. The van der Waals surface area contributed by atoms with Gasteiger partial charge in [-0.2, -0.15) is 18.9 Å². The van der Waals surface area contributed by atoms with Crippen molar-refractivity contribution in [1.29, 1.82) is 0 Å². The lowest BCUT2D eigenvalue weighted by molar-refractivity contribution is -0.0528. The molecule has 26 heavy (non-hydrogen) atoms. The zero-order valence-electron chi connectivity index (χ0n) is 14.8. The molecule has 3 N–H and O–H groups in total. The first-order chi connectivity index (χ1) is 12.3. The highest BCUT2D eigenvalue weighted by Gasteiger charge is 2.34. The molecule has 0 amide bonds. The van der Waals surface area contributed by atoms with Crippen LogP contribution in [0.25, 0.3) is 0 Å². The lowest BCUT2D eigenvalue weighted by Crippen LogP contribution is -2.48. The van der Waals surface area contributed by atoms with Crippen molar-refractivity contribution in [2.24, 2.45) is 5.41 Å². The maximum atomic E-state index is 12.2. The number of aryl methyl sites for hydroxylation is 1. The predicted molar refractivity (Wildman–Crippen MR) is 91.0 cm³/mol. The summed E-state index contributed by atoms with van der Waals surface area (Å²) in [6, 6.07) is 1.32. The van der Waals surface area contributed by atoms with Crippen LogP contribution in [0.5, 0.6) is 11.8 Å². The molecule has 0 unspecified atom stereocenters. The van der Waals surface area contributed by atoms with E-state index in [1.165, 1.54) is 6.07 Å². The van der Waals surface area contributed by atoms with Gasteiger partial charge in [0.1, 0.15) is 6.10 Å². The van der Waals surface area contributed by atoms with Crippen LogP contribution in [0.2, 0.25) is 0 Å². The fourth-order valence-corrected chi connectivity index (χ4v) is 2.77. The van der Waals surface area contributed by atoms with Gasteiger partial charge in [0.15, 0.2) is 11.6 Å². The van der Waals surface area contributed by atoms with Gasteiger partial charge in [0.2, 0.25) is 11.8 Å². The van der Waals surface area contributed by atoms with E-state index in [2.05, 4.69) is 49.4 Å². The first kappa shape index (κ1) is 18.3. The summed E-state index contributed by atoms with van der Waals surface area (Å²) in [7, 11) is 0. The molecule has 1 atom stereocenters. The molecule has 0 bridgehead atoms. The maximum absolute atomic E-state index is 12.2. The monoisotopic (exact) mass is 368 g/mol. The van der Waals surface area contributed by atoms with E-state index >= 15 is 0 Å². The number of aromatic amines is 1. The smallest absolute Gasteiger partial charge is 0.388 e. The van der Waals surface area contributed by atoms with Gasteiger partial charge in [0.25, 0.3) is 0 Å². The average molecular weight is 368 g/mol. The molecule has 0 aliphatic carbocycles. The Bertz CT molecular complexity index is 752. The van der Waals surface area contributed by atoms with E-state index in [1.807, 2.05) is 0 Å². The van der Waals surface area contributed by atoms with Crippen LogP contribution in [0.1, 0.15) is 26.0 Å². The number of aromatic nitrogens is 4. The Morgan fingerprint density at radius 2 is 2.19 bits per heavy atom. The molecule has 0 spiro atoms. The third-order valence-electron chi connectivity index (χ3n) is 4.25. The van der Waals surface area contributed by atoms with Crippen molar-refractivity contribution in [3.8, 4) is 11.8 Å². The number of anilines is 2. The Balaban J connectivity index is 1.72. The lowest BCUT2D eigenvalue weighted by Gasteiger charge is -2.38. The summed E-state index contributed by atoms with van der Waals surface area (Å²) in [5, 5.41) is 12.5. The fourth-order valence-electron chi connectivity index (χ4n) is 2.77. The highest BCUT2D eigenvalue weighted by atomic mass is 19.3. The molecule has 8 nitrogen and oxygen atoms in total. The Morgan fingerprint density at radius 3 is 2.92 bits per heavy atom. The zero-order chi connectivity index (χ0) is 18.7. The van der Waals surface area contributed by atoms with Gasteiger partial charge in [0.05, 0.1) is 11.9 Å². The predicted octanol–water partition coefficient (Wildman–Crippen LogP) is 2.62. The molecule has 0 aromatic carbocycles. The molecule has 0 saturated carbocycles. The van der Waals surface area contributed by atoms with Crippen LogP contribution in [-0.4, -0.2) is 46.0 Å². The van der Waals surface area contributed by atoms with Gasteiger partial charge in [-0.1, -0.05) is 13.8 Å². The number of hydrogen-bond donors (Lipinski definition) is 3. The third kappa shape index (κ3) is 4.37. The van der Waals surface area contributed by atoms with Crippen LogP contribution in [0, 0.1) is 12.3 Å². The molecular formula is C16H22F2N6O2. The minimum Gasteiger partial charge on any atom is -0.473 e. The number of nitrogens with zero attached hydrogens (tertiary/aromatic N) is 3. The van der Waals surface area contributed by atoms with Crippen LogP contribution in [-0.2, 0) is 0 Å². The van der Waals surface area contributed by atoms with Crippen molar-refractivity contribution in [3.05, 3.63) is 18.0 Å². The van der Waals surface area contributed by atoms with E-state index in [0.717, 1.165) is 19.5 Å². The number of H-pyrrole nitrogens is 1. The number of nitrogens with one attached hydrogen (secondary N) is 3. The molecule has 1 saturated heterocycles. The number of piperidine rings is 1. The van der Waals surface area contributed by atoms with E-state index in [-0.39, 0.29) is 23.2 Å². The Labute approximate surface area is 149 Å². The van der Waals surface area contributed by atoms with Gasteiger partial charge in [-0.05, 0) is 19.9 Å². The fraction of sp³-hybridized carbons (Fsp3) is 0.562. The van der Waals surface area contributed by atoms with Crippen molar-refractivity contribution in [2.75, 3.05) is 18.4 Å². The van der Waals surface area contributed by atoms with Crippen molar-refractivity contribution in [3.63, 3.8) is 0 Å². The summed E-state index contributed by atoms with van der Waals surface area (Å²) in [5.74, 6) is 0.983. The molecule has 142 valence electrons. The highest BCUT2D eigenvalue weighted by Crippen LogP contribution is 2.29. The quantitative estimate of drug-likeness (QED) is 0.721. The lowest BCUT2D eigenvalue weighted by atomic mass is 9.82. The van der Waals surface area contributed by atoms with E-state index in [4.69, 9.17) is 4.74 Å². The maximum Gasteiger partial charge on any atom is 0.388 e. The summed E-state index contributed by atoms with van der Waals surface area (Å²) in [6.07, 6.45) is 2.47. The van der Waals surface area contributed by atoms with Gasteiger partial charge in [-0.3, -0.25) is 4.98 Å². The second kappa shape index (κ2) is 7.40. The van der Waals surface area contributed by atoms with Gasteiger partial charge in [0, 0.05) is 18.0 Å². The third-order valence-corrected chi connectivity index (χ3v) is 4.25. The number of halogens is 2. The zero-order valence-corrected chi connectivity index (χ0v) is 14.8. The number of hydrogen-bond acceptors (Lipinski definition) is 7. The second-order valence-corrected chi connectivity index (χ2v) is 6.82. The van der Waals surface area contributed by atoms with Gasteiger partial charge in [-0.25, -0.2) is 5.10 Å². The van der Waals surface area contributed by atoms with Crippen LogP contribution >= 0.6 is 0 Å². The van der Waals surface area contributed by atoms with Crippen LogP contribution < -0.4 is 20.1 Å². The van der Waals surface area contributed by atoms with Crippen molar-refractivity contribution in [2.45, 2.75) is 39.9 Å². The highest BCUT2D eigenvalue weighted by molar-refractivity contribution is 5.55. The Kier molecular flexibility index (Phi) is 5.21. The molecule has 1 aliphatic rings. The Hall–Kier alpha value is -2.49.